The van der Waals surface area contributed by atoms with Gasteiger partial charge >= 0.3 is 17.9 Å². The summed E-state index contributed by atoms with van der Waals surface area (Å²) in [6.45, 7) is 2.26. The van der Waals surface area contributed by atoms with E-state index >= 15 is 0 Å². The highest BCUT2D eigenvalue weighted by molar-refractivity contribution is 5.88. The van der Waals surface area contributed by atoms with Crippen molar-refractivity contribution in [2.45, 2.75) is 141 Å². The van der Waals surface area contributed by atoms with E-state index in [0.717, 1.165) is 12.8 Å². The van der Waals surface area contributed by atoms with Crippen LogP contribution in [-0.4, -0.2) is 29.1 Å². The molecule has 0 aliphatic carbocycles. The second-order valence-electron chi connectivity index (χ2n) is 8.74. The number of rotatable bonds is 22. The fraction of sp³-hybridized carbons (Fsp3) is 0.880. The highest BCUT2D eigenvalue weighted by atomic mass is 16.6. The van der Waals surface area contributed by atoms with Gasteiger partial charge in [-0.15, -0.1) is 0 Å². The molecule has 0 aromatic carbocycles. The Morgan fingerprint density at radius 1 is 0.677 bits per heavy atom. The molecule has 0 aliphatic heterocycles. The Kier molecular flexibility index (Phi) is 20.8. The van der Waals surface area contributed by atoms with Gasteiger partial charge in [-0.1, -0.05) is 110 Å². The summed E-state index contributed by atoms with van der Waals surface area (Å²) in [6, 6.07) is -1.06. The number of aliphatic carboxylic acids is 1. The Balaban J connectivity index is 3.34. The fourth-order valence-electron chi connectivity index (χ4n) is 3.63. The van der Waals surface area contributed by atoms with Gasteiger partial charge in [-0.2, -0.15) is 0 Å². The average Bonchev–Trinajstić information content (AvgIpc) is 2.74. The molecule has 0 bridgehead atoms. The fourth-order valence-corrected chi connectivity index (χ4v) is 3.63. The standard InChI is InChI=1S/C25H47NO5/c1-2-3-4-5-6-7-8-9-10-11-12-13-14-15-16-17-18-19-24(29)31-25(30)22(26)20-21-23(27)28/h22H,2-21,26H2,1H3,(H,27,28)/t22-/m0/s1. The van der Waals surface area contributed by atoms with Crippen molar-refractivity contribution < 1.29 is 24.2 Å². The third kappa shape index (κ3) is 21.6. The molecule has 3 N–H and O–H groups in total. The van der Waals surface area contributed by atoms with Crippen molar-refractivity contribution in [1.82, 2.24) is 0 Å². The molecular formula is C25H47NO5. The van der Waals surface area contributed by atoms with Crippen LogP contribution < -0.4 is 5.73 Å². The smallest absolute Gasteiger partial charge is 0.330 e. The molecule has 0 spiro atoms. The van der Waals surface area contributed by atoms with E-state index in [9.17, 15) is 14.4 Å². The number of hydrogen-bond acceptors (Lipinski definition) is 5. The van der Waals surface area contributed by atoms with E-state index in [2.05, 4.69) is 11.7 Å². The van der Waals surface area contributed by atoms with Gasteiger partial charge in [-0.3, -0.25) is 9.59 Å². The first-order valence-corrected chi connectivity index (χ1v) is 12.7. The molecule has 0 aliphatic rings. The molecule has 0 rings (SSSR count). The van der Waals surface area contributed by atoms with Crippen LogP contribution in [0.5, 0.6) is 0 Å². The van der Waals surface area contributed by atoms with Gasteiger partial charge in [0, 0.05) is 12.8 Å². The van der Waals surface area contributed by atoms with Gasteiger partial charge in [0.15, 0.2) is 0 Å². The van der Waals surface area contributed by atoms with Crippen molar-refractivity contribution >= 4 is 17.9 Å². The van der Waals surface area contributed by atoms with Crippen LogP contribution in [0, 0.1) is 0 Å². The maximum absolute atomic E-state index is 11.6. The van der Waals surface area contributed by atoms with Gasteiger partial charge < -0.3 is 15.6 Å². The van der Waals surface area contributed by atoms with Crippen molar-refractivity contribution in [2.75, 3.05) is 0 Å². The van der Waals surface area contributed by atoms with E-state index in [-0.39, 0.29) is 19.3 Å². The van der Waals surface area contributed by atoms with Crippen LogP contribution in [0.1, 0.15) is 135 Å². The van der Waals surface area contributed by atoms with E-state index in [1.807, 2.05) is 0 Å². The SMILES string of the molecule is CCCCCCCCCCCCCCCCCCCC(=O)OC(=O)[C@@H](N)CCC(=O)O. The lowest BCUT2D eigenvalue weighted by Crippen LogP contribution is -2.34. The molecular weight excluding hydrogens is 394 g/mol. The molecule has 0 unspecified atom stereocenters. The van der Waals surface area contributed by atoms with E-state index in [1.165, 1.54) is 89.9 Å². The zero-order valence-electron chi connectivity index (χ0n) is 19.9. The number of nitrogens with two attached hydrogens (primary N) is 1. The minimum atomic E-state index is -1.06. The van der Waals surface area contributed by atoms with Gasteiger partial charge in [0.25, 0.3) is 0 Å². The Morgan fingerprint density at radius 3 is 1.45 bits per heavy atom. The zero-order valence-corrected chi connectivity index (χ0v) is 19.9. The first-order chi connectivity index (χ1) is 15.0. The molecule has 0 saturated carbocycles. The summed E-state index contributed by atoms with van der Waals surface area (Å²) in [5, 5.41) is 8.57. The molecule has 0 radical (unpaired) electrons. The minimum Gasteiger partial charge on any atom is -0.481 e. The maximum atomic E-state index is 11.6. The van der Waals surface area contributed by atoms with Crippen LogP contribution in [-0.2, 0) is 19.1 Å². The molecule has 182 valence electrons. The number of unbranched alkanes of at least 4 members (excludes halogenated alkanes) is 16. The lowest BCUT2D eigenvalue weighted by atomic mass is 10.0. The third-order valence-electron chi connectivity index (χ3n) is 5.67. The largest absolute Gasteiger partial charge is 0.481 e. The van der Waals surface area contributed by atoms with Crippen LogP contribution in [0.25, 0.3) is 0 Å². The maximum Gasteiger partial charge on any atom is 0.330 e. The number of carbonyl (C=O) groups excluding carboxylic acids is 2. The number of ether oxygens (including phenoxy) is 1. The first-order valence-electron chi connectivity index (χ1n) is 12.7. The zero-order chi connectivity index (χ0) is 23.2. The van der Waals surface area contributed by atoms with Crippen LogP contribution in [0.15, 0.2) is 0 Å². The van der Waals surface area contributed by atoms with Crippen molar-refractivity contribution in [2.24, 2.45) is 5.73 Å². The van der Waals surface area contributed by atoms with Crippen LogP contribution in [0.4, 0.5) is 0 Å². The monoisotopic (exact) mass is 441 g/mol. The summed E-state index contributed by atoms with van der Waals surface area (Å²) in [4.78, 5) is 33.7. The average molecular weight is 442 g/mol. The van der Waals surface area contributed by atoms with E-state index < -0.39 is 23.9 Å². The van der Waals surface area contributed by atoms with Gasteiger partial charge in [0.1, 0.15) is 6.04 Å². The topological polar surface area (TPSA) is 107 Å². The summed E-state index contributed by atoms with van der Waals surface area (Å²) >= 11 is 0. The van der Waals surface area contributed by atoms with Crippen molar-refractivity contribution in [3.63, 3.8) is 0 Å². The van der Waals surface area contributed by atoms with Crippen LogP contribution in [0.3, 0.4) is 0 Å². The molecule has 0 aromatic rings. The van der Waals surface area contributed by atoms with Gasteiger partial charge in [-0.25, -0.2) is 4.79 Å². The Hall–Kier alpha value is -1.43. The van der Waals surface area contributed by atoms with Gasteiger partial charge in [0.2, 0.25) is 0 Å². The Bertz CT molecular complexity index is 467. The van der Waals surface area contributed by atoms with E-state index in [1.54, 1.807) is 0 Å². The lowest BCUT2D eigenvalue weighted by molar-refractivity contribution is -0.160. The molecule has 1 atom stereocenters. The molecule has 31 heavy (non-hydrogen) atoms. The molecule has 0 saturated heterocycles. The Morgan fingerprint density at radius 2 is 1.06 bits per heavy atom. The minimum absolute atomic E-state index is 0.0272. The predicted octanol–water partition coefficient (Wildman–Crippen LogP) is 6.29. The van der Waals surface area contributed by atoms with Crippen molar-refractivity contribution in [3.8, 4) is 0 Å². The quantitative estimate of drug-likeness (QED) is 0.116. The highest BCUT2D eigenvalue weighted by Crippen LogP contribution is 2.14. The molecule has 0 heterocycles. The molecule has 6 nitrogen and oxygen atoms in total. The summed E-state index contributed by atoms with van der Waals surface area (Å²) in [7, 11) is 0. The molecule has 0 fully saturated rings. The molecule has 0 aromatic heterocycles. The van der Waals surface area contributed by atoms with E-state index in [0.29, 0.717) is 6.42 Å². The van der Waals surface area contributed by atoms with Crippen LogP contribution in [0.2, 0.25) is 0 Å². The number of esters is 2. The van der Waals surface area contributed by atoms with Crippen LogP contribution >= 0.6 is 0 Å². The number of carboxylic acids is 1. The number of carbonyl (C=O) groups is 3. The third-order valence-corrected chi connectivity index (χ3v) is 5.67. The van der Waals surface area contributed by atoms with Crippen molar-refractivity contribution in [3.05, 3.63) is 0 Å². The first kappa shape index (κ1) is 29.6. The molecule has 6 heteroatoms. The number of hydrogen-bond donors (Lipinski definition) is 2. The van der Waals surface area contributed by atoms with Gasteiger partial charge in [0.05, 0.1) is 0 Å². The van der Waals surface area contributed by atoms with Gasteiger partial charge in [-0.05, 0) is 12.8 Å². The summed E-state index contributed by atoms with van der Waals surface area (Å²) in [6.07, 6.45) is 21.6. The molecule has 0 amide bonds. The van der Waals surface area contributed by atoms with E-state index in [4.69, 9.17) is 10.8 Å². The summed E-state index contributed by atoms with van der Waals surface area (Å²) < 4.78 is 4.68. The second kappa shape index (κ2) is 21.8. The van der Waals surface area contributed by atoms with Crippen molar-refractivity contribution in [1.29, 1.82) is 0 Å². The predicted molar refractivity (Wildman–Crippen MR) is 125 cm³/mol. The summed E-state index contributed by atoms with van der Waals surface area (Å²) in [5.41, 5.74) is 5.52. The normalized spacial score (nSPS) is 11.9. The Labute approximate surface area is 189 Å². The second-order valence-corrected chi connectivity index (χ2v) is 8.74. The number of carboxylic acid groups (broad SMARTS) is 1. The lowest BCUT2D eigenvalue weighted by Gasteiger charge is -2.09. The summed E-state index contributed by atoms with van der Waals surface area (Å²) in [5.74, 6) is -2.44. The highest BCUT2D eigenvalue weighted by Gasteiger charge is 2.19.